The van der Waals surface area contributed by atoms with Crippen LogP contribution in [0.2, 0.25) is 0 Å². The number of aliphatic hydroxyl groups excluding tert-OH is 1. The fourth-order valence-corrected chi connectivity index (χ4v) is 1.77. The lowest BCUT2D eigenvalue weighted by Crippen LogP contribution is -2.16. The van der Waals surface area contributed by atoms with Gasteiger partial charge >= 0.3 is 0 Å². The van der Waals surface area contributed by atoms with Crippen molar-refractivity contribution >= 4 is 11.6 Å². The minimum atomic E-state index is -0.437. The van der Waals surface area contributed by atoms with Gasteiger partial charge in [0.1, 0.15) is 18.1 Å². The number of hydrogen-bond donors (Lipinski definition) is 2. The molecule has 2 N–H and O–H groups in total. The molecular weight excluding hydrogens is 271 g/mol. The van der Waals surface area contributed by atoms with Crippen LogP contribution in [0.4, 0.5) is 10.1 Å². The number of nitrogens with zero attached hydrogens (tertiary/aromatic N) is 1. The number of carbonyl (C=O) groups excluding carboxylic acids is 1. The number of nitrogens with one attached hydrogen (secondary N) is 1. The van der Waals surface area contributed by atoms with E-state index in [0.29, 0.717) is 16.8 Å². The van der Waals surface area contributed by atoms with Crippen LogP contribution in [-0.2, 0) is 0 Å². The molecule has 1 heterocycles. The molecule has 4 nitrogen and oxygen atoms in total. The smallest absolute Gasteiger partial charge is 0.275 e. The van der Waals surface area contributed by atoms with Gasteiger partial charge in [-0.2, -0.15) is 0 Å². The molecule has 5 heteroatoms. The Labute approximate surface area is 121 Å². The quantitative estimate of drug-likeness (QED) is 0.830. The highest BCUT2D eigenvalue weighted by Gasteiger charge is 2.13. The first-order valence-corrected chi connectivity index (χ1v) is 6.24. The predicted molar refractivity (Wildman–Crippen MR) is 77.3 cm³/mol. The molecule has 0 aliphatic rings. The highest BCUT2D eigenvalue weighted by Crippen LogP contribution is 2.17. The van der Waals surface area contributed by atoms with Gasteiger partial charge in [0, 0.05) is 11.9 Å². The van der Waals surface area contributed by atoms with Crippen molar-refractivity contribution in [3.05, 3.63) is 59.2 Å². The van der Waals surface area contributed by atoms with Crippen molar-refractivity contribution in [2.45, 2.75) is 6.92 Å². The molecular formula is C16H13FN2O2. The molecule has 0 saturated carbocycles. The zero-order valence-electron chi connectivity index (χ0n) is 11.4. The second-order valence-corrected chi connectivity index (χ2v) is 4.27. The van der Waals surface area contributed by atoms with E-state index in [0.717, 1.165) is 0 Å². The van der Waals surface area contributed by atoms with E-state index in [4.69, 9.17) is 5.11 Å². The summed E-state index contributed by atoms with van der Waals surface area (Å²) < 4.78 is 13.0. The van der Waals surface area contributed by atoms with Crippen molar-refractivity contribution in [2.24, 2.45) is 0 Å². The summed E-state index contributed by atoms with van der Waals surface area (Å²) in [6.45, 7) is 1.40. The number of rotatable bonds is 2. The number of pyridine rings is 1. The first-order chi connectivity index (χ1) is 10.1. The van der Waals surface area contributed by atoms with Gasteiger partial charge in [-0.05, 0) is 42.8 Å². The maximum absolute atomic E-state index is 13.0. The minimum Gasteiger partial charge on any atom is -0.384 e. The summed E-state index contributed by atoms with van der Waals surface area (Å²) in [5.74, 6) is 4.35. The van der Waals surface area contributed by atoms with E-state index in [1.54, 1.807) is 19.1 Å². The summed E-state index contributed by atoms with van der Waals surface area (Å²) in [7, 11) is 0. The number of carbonyl (C=O) groups is 1. The van der Waals surface area contributed by atoms with Crippen molar-refractivity contribution in [1.82, 2.24) is 4.98 Å². The van der Waals surface area contributed by atoms with Crippen LogP contribution in [0.3, 0.4) is 0 Å². The number of anilines is 1. The predicted octanol–water partition coefficient (Wildman–Crippen LogP) is 2.13. The van der Waals surface area contributed by atoms with Gasteiger partial charge < -0.3 is 10.4 Å². The Morgan fingerprint density at radius 1 is 1.43 bits per heavy atom. The van der Waals surface area contributed by atoms with Gasteiger partial charge in [-0.1, -0.05) is 11.8 Å². The number of hydrogen-bond acceptors (Lipinski definition) is 3. The zero-order valence-corrected chi connectivity index (χ0v) is 11.4. The van der Waals surface area contributed by atoms with Gasteiger partial charge in [0.15, 0.2) is 0 Å². The minimum absolute atomic E-state index is 0.155. The van der Waals surface area contributed by atoms with E-state index < -0.39 is 5.91 Å². The van der Waals surface area contributed by atoms with Crippen LogP contribution in [0.5, 0.6) is 0 Å². The summed E-state index contributed by atoms with van der Waals surface area (Å²) in [4.78, 5) is 16.2. The molecule has 0 aliphatic heterocycles. The maximum atomic E-state index is 13.0. The third-order valence-electron chi connectivity index (χ3n) is 2.76. The molecule has 0 fully saturated rings. The van der Waals surface area contributed by atoms with Crippen LogP contribution in [0, 0.1) is 24.6 Å². The Hall–Kier alpha value is -2.71. The molecule has 0 atom stereocenters. The summed E-state index contributed by atoms with van der Waals surface area (Å²) in [6, 6.07) is 7.39. The van der Waals surface area contributed by atoms with Crippen LogP contribution < -0.4 is 5.32 Å². The Bertz CT molecular complexity index is 733. The molecule has 0 bridgehead atoms. The van der Waals surface area contributed by atoms with E-state index in [2.05, 4.69) is 22.1 Å². The molecule has 0 aliphatic carbocycles. The molecule has 0 spiro atoms. The van der Waals surface area contributed by atoms with Gasteiger partial charge in [-0.3, -0.25) is 4.79 Å². The van der Waals surface area contributed by atoms with E-state index in [9.17, 15) is 9.18 Å². The number of aromatic nitrogens is 1. The molecule has 1 aromatic carbocycles. The average molecular weight is 284 g/mol. The van der Waals surface area contributed by atoms with Crippen LogP contribution in [-0.4, -0.2) is 22.6 Å². The SMILES string of the molecule is Cc1cc(F)ccc1NC(=O)c1ncccc1C#CCO. The lowest BCUT2D eigenvalue weighted by Gasteiger charge is -2.08. The topological polar surface area (TPSA) is 62.2 Å². The standard InChI is InChI=1S/C16H13FN2O2/c1-11-10-13(17)6-7-14(11)19-16(21)15-12(5-3-9-20)4-2-8-18-15/h2,4,6-8,10,20H,9H2,1H3,(H,19,21). The average Bonchev–Trinajstić information content (AvgIpc) is 2.48. The molecule has 2 aromatic rings. The second kappa shape index (κ2) is 6.64. The van der Waals surface area contributed by atoms with Crippen LogP contribution >= 0.6 is 0 Å². The van der Waals surface area contributed by atoms with Gasteiger partial charge in [-0.25, -0.2) is 9.37 Å². The van der Waals surface area contributed by atoms with Crippen molar-refractivity contribution in [3.63, 3.8) is 0 Å². The monoisotopic (exact) mass is 284 g/mol. The normalized spacial score (nSPS) is 9.67. The molecule has 0 saturated heterocycles. The molecule has 1 aromatic heterocycles. The largest absolute Gasteiger partial charge is 0.384 e. The first kappa shape index (κ1) is 14.7. The van der Waals surface area contributed by atoms with Crippen LogP contribution in [0.1, 0.15) is 21.6 Å². The Morgan fingerprint density at radius 3 is 2.95 bits per heavy atom. The van der Waals surface area contributed by atoms with Crippen molar-refractivity contribution in [2.75, 3.05) is 11.9 Å². The van der Waals surface area contributed by atoms with E-state index in [-0.39, 0.29) is 18.1 Å². The number of benzene rings is 1. The van der Waals surface area contributed by atoms with Crippen LogP contribution in [0.15, 0.2) is 36.5 Å². The molecule has 1 amide bonds. The zero-order chi connectivity index (χ0) is 15.2. The van der Waals surface area contributed by atoms with Gasteiger partial charge in [0.25, 0.3) is 5.91 Å². The maximum Gasteiger partial charge on any atom is 0.275 e. The number of aryl methyl sites for hydroxylation is 1. The third kappa shape index (κ3) is 3.65. The molecule has 2 rings (SSSR count). The lowest BCUT2D eigenvalue weighted by molar-refractivity contribution is 0.102. The molecule has 0 radical (unpaired) electrons. The Balaban J connectivity index is 2.28. The molecule has 0 unspecified atom stereocenters. The van der Waals surface area contributed by atoms with Crippen molar-refractivity contribution in [1.29, 1.82) is 0 Å². The van der Waals surface area contributed by atoms with Gasteiger partial charge in [0.05, 0.1) is 5.56 Å². The number of amides is 1. The third-order valence-corrected chi connectivity index (χ3v) is 2.76. The summed E-state index contributed by atoms with van der Waals surface area (Å²) in [6.07, 6.45) is 1.48. The van der Waals surface area contributed by atoms with E-state index >= 15 is 0 Å². The van der Waals surface area contributed by atoms with Gasteiger partial charge in [0.2, 0.25) is 0 Å². The fourth-order valence-electron chi connectivity index (χ4n) is 1.77. The lowest BCUT2D eigenvalue weighted by atomic mass is 10.1. The Morgan fingerprint density at radius 2 is 2.24 bits per heavy atom. The summed E-state index contributed by atoms with van der Waals surface area (Å²) in [5, 5.41) is 11.4. The van der Waals surface area contributed by atoms with Gasteiger partial charge in [-0.15, -0.1) is 0 Å². The van der Waals surface area contributed by atoms with Crippen LogP contribution in [0.25, 0.3) is 0 Å². The number of aliphatic hydroxyl groups is 1. The highest BCUT2D eigenvalue weighted by molar-refractivity contribution is 6.04. The molecule has 21 heavy (non-hydrogen) atoms. The second-order valence-electron chi connectivity index (χ2n) is 4.27. The molecule has 106 valence electrons. The Kier molecular flexibility index (Phi) is 4.64. The summed E-state index contributed by atoms with van der Waals surface area (Å²) >= 11 is 0. The van der Waals surface area contributed by atoms with E-state index in [1.165, 1.54) is 24.4 Å². The fraction of sp³-hybridized carbons (Fsp3) is 0.125. The van der Waals surface area contributed by atoms with Crippen molar-refractivity contribution in [3.8, 4) is 11.8 Å². The van der Waals surface area contributed by atoms with Crippen molar-refractivity contribution < 1.29 is 14.3 Å². The summed E-state index contributed by atoms with van der Waals surface area (Å²) in [5.41, 5.74) is 1.70. The highest BCUT2D eigenvalue weighted by atomic mass is 19.1. The first-order valence-electron chi connectivity index (χ1n) is 6.24. The van der Waals surface area contributed by atoms with E-state index in [1.807, 2.05) is 0 Å². The number of halogens is 1.